The van der Waals surface area contributed by atoms with Gasteiger partial charge in [-0.3, -0.25) is 9.59 Å². The number of hydrogen-bond acceptors (Lipinski definition) is 5. The fourth-order valence-electron chi connectivity index (χ4n) is 3.27. The number of aromatic nitrogens is 2. The Hall–Kier alpha value is -2.48. The van der Waals surface area contributed by atoms with Crippen molar-refractivity contribution < 1.29 is 14.0 Å². The molecule has 0 radical (unpaired) electrons. The van der Waals surface area contributed by atoms with E-state index in [4.69, 9.17) is 0 Å². The number of rotatable bonds is 6. The van der Waals surface area contributed by atoms with E-state index in [1.807, 2.05) is 11.8 Å². The molecule has 0 aliphatic carbocycles. The maximum Gasteiger partial charge on any atom is 0.227 e. The molecule has 0 saturated heterocycles. The van der Waals surface area contributed by atoms with Gasteiger partial charge in [-0.25, -0.2) is 4.39 Å². The second kappa shape index (κ2) is 9.14. The van der Waals surface area contributed by atoms with Gasteiger partial charge in [0.05, 0.1) is 0 Å². The predicted octanol–water partition coefficient (Wildman–Crippen LogP) is 3.81. The zero-order chi connectivity index (χ0) is 20.1. The molecule has 1 N–H and O–H groups in total. The molecular formula is C20H23FN4O2S. The third-order valence-electron chi connectivity index (χ3n) is 4.57. The van der Waals surface area contributed by atoms with Gasteiger partial charge in [0.15, 0.2) is 5.82 Å². The molecule has 28 heavy (non-hydrogen) atoms. The summed E-state index contributed by atoms with van der Waals surface area (Å²) in [5.74, 6) is 0.763. The summed E-state index contributed by atoms with van der Waals surface area (Å²) < 4.78 is 13.5. The first-order valence-electron chi connectivity index (χ1n) is 9.28. The minimum Gasteiger partial charge on any atom is -0.309 e. The van der Waals surface area contributed by atoms with Crippen molar-refractivity contribution in [1.29, 1.82) is 0 Å². The van der Waals surface area contributed by atoms with Crippen molar-refractivity contribution >= 4 is 35.1 Å². The van der Waals surface area contributed by atoms with Gasteiger partial charge in [-0.05, 0) is 62.1 Å². The van der Waals surface area contributed by atoms with Crippen LogP contribution in [0.5, 0.6) is 0 Å². The van der Waals surface area contributed by atoms with Gasteiger partial charge in [0.1, 0.15) is 10.8 Å². The largest absolute Gasteiger partial charge is 0.309 e. The Balaban J connectivity index is 1.51. The lowest BCUT2D eigenvalue weighted by atomic mass is 9.96. The summed E-state index contributed by atoms with van der Waals surface area (Å²) in [5.41, 5.74) is 1.73. The lowest BCUT2D eigenvalue weighted by Crippen LogP contribution is -2.42. The van der Waals surface area contributed by atoms with E-state index < -0.39 is 0 Å². The van der Waals surface area contributed by atoms with E-state index in [0.717, 1.165) is 34.9 Å². The van der Waals surface area contributed by atoms with Crippen molar-refractivity contribution in [3.63, 3.8) is 0 Å². The average molecular weight is 402 g/mol. The van der Waals surface area contributed by atoms with Crippen LogP contribution in [0, 0.1) is 5.82 Å². The van der Waals surface area contributed by atoms with Crippen molar-refractivity contribution in [2.45, 2.75) is 50.6 Å². The van der Waals surface area contributed by atoms with Gasteiger partial charge >= 0.3 is 0 Å². The van der Waals surface area contributed by atoms with Crippen LogP contribution in [0.2, 0.25) is 0 Å². The van der Waals surface area contributed by atoms with Gasteiger partial charge in [-0.15, -0.1) is 22.0 Å². The molecule has 0 spiro atoms. The maximum absolute atomic E-state index is 13.5. The highest BCUT2D eigenvalue weighted by Crippen LogP contribution is 2.32. The van der Waals surface area contributed by atoms with Crippen LogP contribution in [-0.2, 0) is 16.0 Å². The highest BCUT2D eigenvalue weighted by atomic mass is 32.2. The summed E-state index contributed by atoms with van der Waals surface area (Å²) in [6.45, 7) is 3.45. The van der Waals surface area contributed by atoms with Gasteiger partial charge in [0, 0.05) is 30.8 Å². The second-order valence-corrected chi connectivity index (χ2v) is 7.93. The number of halogens is 1. The third kappa shape index (κ3) is 5.07. The fourth-order valence-corrected chi connectivity index (χ4v) is 4.03. The zero-order valence-electron chi connectivity index (χ0n) is 15.9. The summed E-state index contributed by atoms with van der Waals surface area (Å²) >= 11 is 1.52. The summed E-state index contributed by atoms with van der Waals surface area (Å²) in [4.78, 5) is 25.6. The number of fused-ring (bicyclic) bond motifs is 1. The first-order valence-corrected chi connectivity index (χ1v) is 10.3. The molecule has 1 aromatic heterocycles. The Bertz CT molecular complexity index is 860. The van der Waals surface area contributed by atoms with Crippen molar-refractivity contribution in [1.82, 2.24) is 10.2 Å². The molecule has 1 aliphatic rings. The highest BCUT2D eigenvalue weighted by Gasteiger charge is 2.27. The van der Waals surface area contributed by atoms with E-state index in [0.29, 0.717) is 18.7 Å². The molecule has 1 aromatic carbocycles. The van der Waals surface area contributed by atoms with E-state index in [-0.39, 0.29) is 23.7 Å². The number of amides is 2. The average Bonchev–Trinajstić information content (AvgIpc) is 2.66. The number of aryl methyl sites for hydroxylation is 1. The van der Waals surface area contributed by atoms with E-state index >= 15 is 0 Å². The molecule has 0 bridgehead atoms. The summed E-state index contributed by atoms with van der Waals surface area (Å²) in [6, 6.07) is 8.26. The minimum atomic E-state index is -0.261. The van der Waals surface area contributed by atoms with E-state index in [2.05, 4.69) is 15.5 Å². The monoisotopic (exact) mass is 402 g/mol. The summed E-state index contributed by atoms with van der Waals surface area (Å²) in [6.07, 6.45) is 2.76. The SMILES string of the molecule is CC(=O)Nc1ccc(SCCCC(=O)N2c3ccc(F)cc3CC[C@@H]2C)nn1. The van der Waals surface area contributed by atoms with Crippen LogP contribution in [0.15, 0.2) is 35.4 Å². The molecule has 8 heteroatoms. The lowest BCUT2D eigenvalue weighted by Gasteiger charge is -2.35. The number of nitrogens with zero attached hydrogens (tertiary/aromatic N) is 3. The van der Waals surface area contributed by atoms with Gasteiger partial charge in [0.25, 0.3) is 0 Å². The predicted molar refractivity (Wildman–Crippen MR) is 108 cm³/mol. The Morgan fingerprint density at radius 3 is 2.82 bits per heavy atom. The van der Waals surface area contributed by atoms with Crippen LogP contribution in [0.1, 0.15) is 38.7 Å². The molecule has 0 saturated carbocycles. The fraction of sp³-hybridized carbons (Fsp3) is 0.400. The smallest absolute Gasteiger partial charge is 0.227 e. The molecule has 2 amide bonds. The van der Waals surface area contributed by atoms with Gasteiger partial charge in [-0.1, -0.05) is 0 Å². The lowest BCUT2D eigenvalue weighted by molar-refractivity contribution is -0.119. The number of benzene rings is 1. The third-order valence-corrected chi connectivity index (χ3v) is 5.58. The Morgan fingerprint density at radius 2 is 2.11 bits per heavy atom. The first-order chi connectivity index (χ1) is 13.4. The van der Waals surface area contributed by atoms with Crippen molar-refractivity contribution in [2.24, 2.45) is 0 Å². The summed E-state index contributed by atoms with van der Waals surface area (Å²) in [7, 11) is 0. The van der Waals surface area contributed by atoms with Gasteiger partial charge in [-0.2, -0.15) is 0 Å². The molecule has 2 aromatic rings. The van der Waals surface area contributed by atoms with E-state index in [9.17, 15) is 14.0 Å². The molecule has 6 nitrogen and oxygen atoms in total. The van der Waals surface area contributed by atoms with Gasteiger partial charge < -0.3 is 10.2 Å². The maximum atomic E-state index is 13.5. The number of hydrogen-bond donors (Lipinski definition) is 1. The summed E-state index contributed by atoms with van der Waals surface area (Å²) in [5, 5.41) is 11.3. The van der Waals surface area contributed by atoms with Crippen LogP contribution in [-0.4, -0.2) is 33.8 Å². The van der Waals surface area contributed by atoms with Crippen LogP contribution in [0.25, 0.3) is 0 Å². The molecule has 0 fully saturated rings. The molecule has 148 valence electrons. The standard InChI is InChI=1S/C20H23FN4O2S/c1-13-5-6-15-12-16(21)7-8-17(15)25(13)20(27)4-3-11-28-19-10-9-18(23-24-19)22-14(2)26/h7-10,12-13H,3-6,11H2,1-2H3,(H,22,23,26)/t13-/m0/s1. The zero-order valence-corrected chi connectivity index (χ0v) is 16.8. The number of nitrogens with one attached hydrogen (secondary N) is 1. The number of anilines is 2. The Morgan fingerprint density at radius 1 is 1.29 bits per heavy atom. The highest BCUT2D eigenvalue weighted by molar-refractivity contribution is 7.99. The van der Waals surface area contributed by atoms with E-state index in [1.165, 1.54) is 30.8 Å². The molecule has 1 aliphatic heterocycles. The molecule has 3 rings (SSSR count). The van der Waals surface area contributed by atoms with Crippen LogP contribution < -0.4 is 10.2 Å². The van der Waals surface area contributed by atoms with Crippen LogP contribution >= 0.6 is 11.8 Å². The van der Waals surface area contributed by atoms with Crippen molar-refractivity contribution in [2.75, 3.05) is 16.0 Å². The normalized spacial score (nSPS) is 15.8. The van der Waals surface area contributed by atoms with Crippen molar-refractivity contribution in [3.8, 4) is 0 Å². The quantitative estimate of drug-likeness (QED) is 0.587. The molecule has 2 heterocycles. The Kier molecular flexibility index (Phi) is 6.61. The van der Waals surface area contributed by atoms with Crippen molar-refractivity contribution in [3.05, 3.63) is 41.7 Å². The topological polar surface area (TPSA) is 75.2 Å². The number of carbonyl (C=O) groups excluding carboxylic acids is 2. The minimum absolute atomic E-state index is 0.0627. The second-order valence-electron chi connectivity index (χ2n) is 6.81. The van der Waals surface area contributed by atoms with Gasteiger partial charge in [0.2, 0.25) is 11.8 Å². The van der Waals surface area contributed by atoms with E-state index in [1.54, 1.807) is 18.2 Å². The first kappa shape index (κ1) is 20.3. The number of carbonyl (C=O) groups is 2. The molecule has 0 unspecified atom stereocenters. The van der Waals surface area contributed by atoms with Crippen LogP contribution in [0.4, 0.5) is 15.9 Å². The molecular weight excluding hydrogens is 379 g/mol. The molecule has 1 atom stereocenters. The Labute approximate surface area is 167 Å². The van der Waals surface area contributed by atoms with Crippen LogP contribution in [0.3, 0.4) is 0 Å². The number of thioether (sulfide) groups is 1.